The molecule has 2 fully saturated rings. The fourth-order valence-corrected chi connectivity index (χ4v) is 3.75. The van der Waals surface area contributed by atoms with Crippen LogP contribution >= 0.6 is 0 Å². The molecule has 0 bridgehead atoms. The van der Waals surface area contributed by atoms with Gasteiger partial charge in [0, 0.05) is 38.3 Å². The van der Waals surface area contributed by atoms with Crippen molar-refractivity contribution in [2.45, 2.75) is 26.7 Å². The van der Waals surface area contributed by atoms with Crippen LogP contribution in [0, 0.1) is 19.8 Å². The van der Waals surface area contributed by atoms with E-state index in [0.29, 0.717) is 0 Å². The van der Waals surface area contributed by atoms with Gasteiger partial charge in [-0.05, 0) is 44.7 Å². The van der Waals surface area contributed by atoms with Crippen LogP contribution in [0.2, 0.25) is 0 Å². The van der Waals surface area contributed by atoms with Gasteiger partial charge in [-0.15, -0.1) is 0 Å². The number of carbonyl (C=O) groups excluding carboxylic acids is 1. The minimum Gasteiger partial charge on any atom is -0.379 e. The van der Waals surface area contributed by atoms with Crippen LogP contribution in [0.4, 0.5) is 0 Å². The molecule has 2 aliphatic heterocycles. The van der Waals surface area contributed by atoms with E-state index in [1.54, 1.807) is 0 Å². The van der Waals surface area contributed by atoms with Gasteiger partial charge in [0.1, 0.15) is 0 Å². The largest absolute Gasteiger partial charge is 0.379 e. The fourth-order valence-electron chi connectivity index (χ4n) is 3.75. The van der Waals surface area contributed by atoms with Crippen molar-refractivity contribution in [3.63, 3.8) is 0 Å². The molecule has 0 saturated carbocycles. The number of rotatable bonds is 3. The van der Waals surface area contributed by atoms with Gasteiger partial charge in [-0.3, -0.25) is 9.69 Å². The lowest BCUT2D eigenvalue weighted by Gasteiger charge is -2.36. The van der Waals surface area contributed by atoms with Gasteiger partial charge < -0.3 is 9.64 Å². The first kappa shape index (κ1) is 16.5. The molecule has 0 radical (unpaired) electrons. The van der Waals surface area contributed by atoms with E-state index in [4.69, 9.17) is 4.74 Å². The van der Waals surface area contributed by atoms with Gasteiger partial charge in [-0.1, -0.05) is 17.2 Å². The first-order chi connectivity index (χ1) is 11.1. The Morgan fingerprint density at radius 2 is 1.65 bits per heavy atom. The maximum Gasteiger partial charge on any atom is 0.253 e. The number of benzene rings is 1. The van der Waals surface area contributed by atoms with E-state index in [9.17, 15) is 4.79 Å². The molecule has 3 rings (SSSR count). The second-order valence-corrected chi connectivity index (χ2v) is 7.02. The zero-order chi connectivity index (χ0) is 16.2. The van der Waals surface area contributed by atoms with Gasteiger partial charge >= 0.3 is 0 Å². The summed E-state index contributed by atoms with van der Waals surface area (Å²) in [6.45, 7) is 10.9. The number of piperidine rings is 1. The third-order valence-electron chi connectivity index (χ3n) is 4.99. The molecule has 0 aliphatic carbocycles. The monoisotopic (exact) mass is 316 g/mol. The third-order valence-corrected chi connectivity index (χ3v) is 4.99. The van der Waals surface area contributed by atoms with Gasteiger partial charge in [0.05, 0.1) is 13.2 Å². The summed E-state index contributed by atoms with van der Waals surface area (Å²) in [7, 11) is 0. The standard InChI is InChI=1S/C19H28N2O2/c1-15-11-16(2)13-18(12-15)19(22)21-5-3-17(4-6-21)14-20-7-9-23-10-8-20/h11-13,17H,3-10,14H2,1-2H3. The number of morpholine rings is 1. The quantitative estimate of drug-likeness (QED) is 0.859. The number of hydrogen-bond donors (Lipinski definition) is 0. The number of nitrogens with zero attached hydrogens (tertiary/aromatic N) is 2. The second kappa shape index (κ2) is 7.45. The van der Waals surface area contributed by atoms with E-state index in [1.807, 2.05) is 17.0 Å². The summed E-state index contributed by atoms with van der Waals surface area (Å²) in [5.74, 6) is 0.915. The topological polar surface area (TPSA) is 32.8 Å². The van der Waals surface area contributed by atoms with Crippen molar-refractivity contribution in [2.75, 3.05) is 45.9 Å². The molecule has 0 N–H and O–H groups in total. The highest BCUT2D eigenvalue weighted by molar-refractivity contribution is 5.94. The average molecular weight is 316 g/mol. The smallest absolute Gasteiger partial charge is 0.253 e. The van der Waals surface area contributed by atoms with Gasteiger partial charge in [0.25, 0.3) is 5.91 Å². The van der Waals surface area contributed by atoms with Gasteiger partial charge in [0.2, 0.25) is 0 Å². The Labute approximate surface area is 139 Å². The molecule has 2 heterocycles. The molecule has 4 nitrogen and oxygen atoms in total. The van der Waals surface area contributed by atoms with Crippen molar-refractivity contribution in [1.29, 1.82) is 0 Å². The van der Waals surface area contributed by atoms with Gasteiger partial charge in [0.15, 0.2) is 0 Å². The number of aryl methyl sites for hydroxylation is 2. The van der Waals surface area contributed by atoms with Crippen molar-refractivity contribution in [3.05, 3.63) is 34.9 Å². The minimum absolute atomic E-state index is 0.196. The summed E-state index contributed by atoms with van der Waals surface area (Å²) in [4.78, 5) is 17.2. The van der Waals surface area contributed by atoms with Crippen molar-refractivity contribution >= 4 is 5.91 Å². The van der Waals surface area contributed by atoms with Gasteiger partial charge in [-0.2, -0.15) is 0 Å². The lowest BCUT2D eigenvalue weighted by Crippen LogP contribution is -2.44. The number of ether oxygens (including phenoxy) is 1. The Hall–Kier alpha value is -1.39. The van der Waals surface area contributed by atoms with Crippen molar-refractivity contribution < 1.29 is 9.53 Å². The normalized spacial score (nSPS) is 20.7. The number of hydrogen-bond acceptors (Lipinski definition) is 3. The van der Waals surface area contributed by atoms with Crippen LogP contribution in [0.3, 0.4) is 0 Å². The van der Waals surface area contributed by atoms with Crippen LogP contribution in [0.25, 0.3) is 0 Å². The van der Waals surface area contributed by atoms with E-state index in [-0.39, 0.29) is 5.91 Å². The third kappa shape index (κ3) is 4.33. The second-order valence-electron chi connectivity index (χ2n) is 7.02. The van der Waals surface area contributed by atoms with Crippen LogP contribution in [-0.4, -0.2) is 61.6 Å². The highest BCUT2D eigenvalue weighted by Crippen LogP contribution is 2.21. The molecule has 2 saturated heterocycles. The molecule has 2 aliphatic rings. The van der Waals surface area contributed by atoms with Crippen molar-refractivity contribution in [1.82, 2.24) is 9.80 Å². The molecular formula is C19H28N2O2. The summed E-state index contributed by atoms with van der Waals surface area (Å²) in [6, 6.07) is 6.13. The molecule has 1 aromatic rings. The summed E-state index contributed by atoms with van der Waals surface area (Å²) < 4.78 is 5.41. The fraction of sp³-hybridized carbons (Fsp3) is 0.632. The molecule has 0 unspecified atom stereocenters. The van der Waals surface area contributed by atoms with E-state index in [0.717, 1.165) is 81.4 Å². The Morgan fingerprint density at radius 3 is 2.26 bits per heavy atom. The molecular weight excluding hydrogens is 288 g/mol. The molecule has 0 aromatic heterocycles. The SMILES string of the molecule is Cc1cc(C)cc(C(=O)N2CCC(CN3CCOCC3)CC2)c1. The number of amides is 1. The zero-order valence-electron chi connectivity index (χ0n) is 14.4. The summed E-state index contributed by atoms with van der Waals surface area (Å²) in [5, 5.41) is 0. The van der Waals surface area contributed by atoms with E-state index in [2.05, 4.69) is 24.8 Å². The van der Waals surface area contributed by atoms with Crippen LogP contribution in [0.1, 0.15) is 34.3 Å². The molecule has 126 valence electrons. The summed E-state index contributed by atoms with van der Waals surface area (Å²) in [6.07, 6.45) is 2.24. The minimum atomic E-state index is 0.196. The number of likely N-dealkylation sites (tertiary alicyclic amines) is 1. The first-order valence-electron chi connectivity index (χ1n) is 8.79. The summed E-state index contributed by atoms with van der Waals surface area (Å²) in [5.41, 5.74) is 3.17. The van der Waals surface area contributed by atoms with Crippen LogP contribution in [0.15, 0.2) is 18.2 Å². The highest BCUT2D eigenvalue weighted by atomic mass is 16.5. The molecule has 0 atom stereocenters. The number of carbonyl (C=O) groups is 1. The van der Waals surface area contributed by atoms with Crippen LogP contribution in [-0.2, 0) is 4.74 Å². The maximum absolute atomic E-state index is 12.7. The lowest BCUT2D eigenvalue weighted by molar-refractivity contribution is 0.0243. The molecule has 1 aromatic carbocycles. The van der Waals surface area contributed by atoms with E-state index >= 15 is 0 Å². The lowest BCUT2D eigenvalue weighted by atomic mass is 9.95. The van der Waals surface area contributed by atoms with Crippen LogP contribution in [0.5, 0.6) is 0 Å². The highest BCUT2D eigenvalue weighted by Gasteiger charge is 2.25. The Bertz CT molecular complexity index is 524. The predicted molar refractivity (Wildman–Crippen MR) is 91.8 cm³/mol. The molecule has 23 heavy (non-hydrogen) atoms. The first-order valence-corrected chi connectivity index (χ1v) is 8.79. The van der Waals surface area contributed by atoms with Gasteiger partial charge in [-0.25, -0.2) is 0 Å². The maximum atomic E-state index is 12.7. The molecule has 1 amide bonds. The Balaban J connectivity index is 1.52. The molecule has 4 heteroatoms. The Kier molecular flexibility index (Phi) is 5.34. The predicted octanol–water partition coefficient (Wildman–Crippen LogP) is 2.49. The molecule has 0 spiro atoms. The van der Waals surface area contributed by atoms with E-state index < -0.39 is 0 Å². The van der Waals surface area contributed by atoms with Crippen molar-refractivity contribution in [2.24, 2.45) is 5.92 Å². The Morgan fingerprint density at radius 1 is 1.04 bits per heavy atom. The van der Waals surface area contributed by atoms with E-state index in [1.165, 1.54) is 0 Å². The zero-order valence-corrected chi connectivity index (χ0v) is 14.4. The average Bonchev–Trinajstić information content (AvgIpc) is 2.55. The van der Waals surface area contributed by atoms with Crippen LogP contribution < -0.4 is 0 Å². The van der Waals surface area contributed by atoms with Crippen molar-refractivity contribution in [3.8, 4) is 0 Å². The summed E-state index contributed by atoms with van der Waals surface area (Å²) >= 11 is 0.